The molecule has 3 aliphatic rings. The number of nitrogens with zero attached hydrogens (tertiary/aromatic N) is 7. The maximum atomic E-state index is 16.1. The molecule has 18 heteroatoms. The standard InChI is InChI=1S/C40H36F5N9O4/c1-46-29-18-28-23(17-30(29)48-36(56)27-6-4-8-33(47-27)40(43,44)45)20-53(50-28)24-11-9-22(10-12-24)19-52-16-15-26(39(41,42)21-52)25-5-3-7-31-35(25)51(2)38(58)54(31)32-13-14-34(55)49-37(32)57/h3-8,15,17-18,20,22,24,32H,9-14,16,19,21H2,2H3,(H,48,56)(H,49,55,57). The molecule has 1 saturated carbocycles. The van der Waals surface area contributed by atoms with Gasteiger partial charge < -0.3 is 5.32 Å². The molecule has 3 amide bonds. The Balaban J connectivity index is 0.931. The summed E-state index contributed by atoms with van der Waals surface area (Å²) >= 11 is 0. The van der Waals surface area contributed by atoms with E-state index in [1.165, 1.54) is 28.3 Å². The number of carbonyl (C=O) groups excluding carboxylic acids is 3. The van der Waals surface area contributed by atoms with Crippen LogP contribution < -0.4 is 16.3 Å². The molecular formula is C40H36F5N9O4. The summed E-state index contributed by atoms with van der Waals surface area (Å²) in [4.78, 5) is 59.3. The molecule has 300 valence electrons. The number of para-hydroxylation sites is 1. The van der Waals surface area contributed by atoms with Crippen molar-refractivity contribution in [2.75, 3.05) is 25.0 Å². The number of halogens is 5. The molecule has 2 fully saturated rings. The Morgan fingerprint density at radius 2 is 1.81 bits per heavy atom. The third-order valence-electron chi connectivity index (χ3n) is 11.3. The fourth-order valence-electron chi connectivity index (χ4n) is 8.45. The number of imidazole rings is 1. The van der Waals surface area contributed by atoms with E-state index in [1.54, 1.807) is 40.0 Å². The van der Waals surface area contributed by atoms with E-state index in [0.29, 0.717) is 28.5 Å². The van der Waals surface area contributed by atoms with Crippen LogP contribution >= 0.6 is 0 Å². The minimum atomic E-state index is -4.73. The molecule has 1 saturated heterocycles. The first-order valence-corrected chi connectivity index (χ1v) is 18.7. The van der Waals surface area contributed by atoms with Gasteiger partial charge in [-0.25, -0.2) is 14.6 Å². The number of nitrogens with one attached hydrogen (secondary N) is 2. The molecule has 1 atom stereocenters. The zero-order chi connectivity index (χ0) is 41.1. The fraction of sp³-hybridized carbons (Fsp3) is 0.375. The lowest BCUT2D eigenvalue weighted by molar-refractivity contribution is -0.141. The monoisotopic (exact) mass is 801 g/mol. The van der Waals surface area contributed by atoms with Crippen molar-refractivity contribution in [3.8, 4) is 0 Å². The summed E-state index contributed by atoms with van der Waals surface area (Å²) in [5.74, 6) is -5.01. The normalized spacial score (nSPS) is 21.5. The number of hydrogen-bond donors (Lipinski definition) is 2. The van der Waals surface area contributed by atoms with Crippen LogP contribution in [0.1, 0.15) is 72.4 Å². The summed E-state index contributed by atoms with van der Waals surface area (Å²) in [5, 5.41) is 10.1. The van der Waals surface area contributed by atoms with Gasteiger partial charge in [-0.05, 0) is 68.4 Å². The van der Waals surface area contributed by atoms with Crippen molar-refractivity contribution in [2.24, 2.45) is 13.0 Å². The predicted molar refractivity (Wildman–Crippen MR) is 202 cm³/mol. The second-order valence-corrected chi connectivity index (χ2v) is 15.1. The van der Waals surface area contributed by atoms with Gasteiger partial charge in [0.05, 0.1) is 35.7 Å². The number of hydrogen-bond acceptors (Lipinski definition) is 7. The Labute approximate surface area is 326 Å². The van der Waals surface area contributed by atoms with Crippen molar-refractivity contribution >= 4 is 56.6 Å². The lowest BCUT2D eigenvalue weighted by Gasteiger charge is -2.37. The number of pyridine rings is 1. The molecule has 58 heavy (non-hydrogen) atoms. The molecule has 5 heterocycles. The number of benzene rings is 2. The molecule has 8 rings (SSSR count). The molecular weight excluding hydrogens is 765 g/mol. The number of rotatable bonds is 7. The van der Waals surface area contributed by atoms with E-state index in [2.05, 4.69) is 25.6 Å². The zero-order valence-corrected chi connectivity index (χ0v) is 31.0. The van der Waals surface area contributed by atoms with Gasteiger partial charge in [-0.2, -0.15) is 27.1 Å². The smallest absolute Gasteiger partial charge is 0.330 e. The van der Waals surface area contributed by atoms with E-state index in [0.717, 1.165) is 43.9 Å². The number of anilines is 1. The van der Waals surface area contributed by atoms with Gasteiger partial charge in [0.25, 0.3) is 11.8 Å². The van der Waals surface area contributed by atoms with E-state index in [-0.39, 0.29) is 53.9 Å². The predicted octanol–water partition coefficient (Wildman–Crippen LogP) is 6.65. The van der Waals surface area contributed by atoms with Crippen molar-refractivity contribution < 1.29 is 36.3 Å². The minimum Gasteiger partial charge on any atom is -0.330 e. The average Bonchev–Trinajstić information content (AvgIpc) is 3.71. The second kappa shape index (κ2) is 14.6. The third kappa shape index (κ3) is 7.14. The Kier molecular flexibility index (Phi) is 9.74. The molecule has 0 bridgehead atoms. The highest BCUT2D eigenvalue weighted by molar-refractivity contribution is 6.06. The van der Waals surface area contributed by atoms with Gasteiger partial charge >= 0.3 is 11.9 Å². The topological polar surface area (TPSA) is 141 Å². The van der Waals surface area contributed by atoms with E-state index < -0.39 is 59.5 Å². The van der Waals surface area contributed by atoms with Gasteiger partial charge in [0, 0.05) is 55.0 Å². The average molecular weight is 802 g/mol. The Bertz CT molecular complexity index is 2630. The van der Waals surface area contributed by atoms with Crippen LogP contribution in [-0.4, -0.2) is 72.1 Å². The molecule has 3 aromatic heterocycles. The quantitative estimate of drug-likeness (QED) is 0.107. The SMILES string of the molecule is [C-]#[N+]c1cc2nn(C3CCC(CN4CC=C(c5cccc6c5n(C)c(=O)n6C5CCC(=O)NC5=O)C(F)(F)C4)CC3)cc2cc1NC(=O)c1cccc(C(F)(F)F)n1. The van der Waals surface area contributed by atoms with Gasteiger partial charge in [0.2, 0.25) is 17.5 Å². The summed E-state index contributed by atoms with van der Waals surface area (Å²) in [7, 11) is 1.49. The van der Waals surface area contributed by atoms with Crippen LogP contribution in [0.3, 0.4) is 0 Å². The maximum Gasteiger partial charge on any atom is 0.433 e. The lowest BCUT2D eigenvalue weighted by atomic mass is 9.85. The molecule has 1 unspecified atom stereocenters. The first-order valence-electron chi connectivity index (χ1n) is 18.7. The lowest BCUT2D eigenvalue weighted by Crippen LogP contribution is -2.44. The molecule has 13 nitrogen and oxygen atoms in total. The number of aryl methyl sites for hydroxylation is 1. The van der Waals surface area contributed by atoms with Crippen LogP contribution in [0.5, 0.6) is 0 Å². The Hall–Kier alpha value is -6.22. The molecule has 0 radical (unpaired) electrons. The Morgan fingerprint density at radius 1 is 1.05 bits per heavy atom. The van der Waals surface area contributed by atoms with Gasteiger partial charge in [-0.15, -0.1) is 0 Å². The van der Waals surface area contributed by atoms with Crippen LogP contribution in [0.4, 0.5) is 33.3 Å². The number of fused-ring (bicyclic) bond motifs is 2. The molecule has 5 aromatic rings. The second-order valence-electron chi connectivity index (χ2n) is 15.1. The van der Waals surface area contributed by atoms with E-state index in [4.69, 9.17) is 6.57 Å². The number of carbonyl (C=O) groups is 3. The highest BCUT2D eigenvalue weighted by Crippen LogP contribution is 2.41. The van der Waals surface area contributed by atoms with Gasteiger partial charge in [0.1, 0.15) is 17.4 Å². The first kappa shape index (κ1) is 38.6. The summed E-state index contributed by atoms with van der Waals surface area (Å²) in [6, 6.07) is 9.89. The number of piperidine rings is 1. The summed E-state index contributed by atoms with van der Waals surface area (Å²) in [6.45, 7) is 7.85. The molecule has 2 aliphatic heterocycles. The molecule has 1 aliphatic carbocycles. The van der Waals surface area contributed by atoms with Crippen LogP contribution in [0.2, 0.25) is 0 Å². The largest absolute Gasteiger partial charge is 0.433 e. The fourth-order valence-corrected chi connectivity index (χ4v) is 8.45. The third-order valence-corrected chi connectivity index (χ3v) is 11.3. The summed E-state index contributed by atoms with van der Waals surface area (Å²) in [6.07, 6.45) is 1.73. The zero-order valence-electron chi connectivity index (χ0n) is 31.0. The minimum absolute atomic E-state index is 0.00120. The molecule has 0 spiro atoms. The van der Waals surface area contributed by atoms with Crippen molar-refractivity contribution in [3.63, 3.8) is 0 Å². The number of alkyl halides is 5. The van der Waals surface area contributed by atoms with Gasteiger partial charge in [0.15, 0.2) is 0 Å². The van der Waals surface area contributed by atoms with Gasteiger partial charge in [-0.3, -0.25) is 38.4 Å². The highest BCUT2D eigenvalue weighted by Gasteiger charge is 2.42. The number of amides is 3. The van der Waals surface area contributed by atoms with Crippen LogP contribution in [0.15, 0.2) is 65.6 Å². The first-order chi connectivity index (χ1) is 27.6. The van der Waals surface area contributed by atoms with Crippen molar-refractivity contribution in [3.05, 3.63) is 99.7 Å². The molecule has 2 N–H and O–H groups in total. The number of imide groups is 1. The van der Waals surface area contributed by atoms with Crippen molar-refractivity contribution in [2.45, 2.75) is 62.7 Å². The highest BCUT2D eigenvalue weighted by atomic mass is 19.4. The molecule has 2 aromatic carbocycles. The van der Waals surface area contributed by atoms with Crippen LogP contribution in [0, 0.1) is 12.5 Å². The van der Waals surface area contributed by atoms with E-state index in [1.807, 2.05) is 0 Å². The van der Waals surface area contributed by atoms with E-state index in [9.17, 15) is 32.3 Å². The van der Waals surface area contributed by atoms with Crippen molar-refractivity contribution in [1.29, 1.82) is 0 Å². The van der Waals surface area contributed by atoms with Gasteiger partial charge in [-0.1, -0.05) is 24.3 Å². The van der Waals surface area contributed by atoms with Crippen LogP contribution in [-0.2, 0) is 22.8 Å². The maximum absolute atomic E-state index is 16.1. The van der Waals surface area contributed by atoms with Crippen molar-refractivity contribution in [1.82, 2.24) is 34.1 Å². The van der Waals surface area contributed by atoms with Crippen LogP contribution in [0.25, 0.3) is 32.4 Å². The Morgan fingerprint density at radius 3 is 2.52 bits per heavy atom. The summed E-state index contributed by atoms with van der Waals surface area (Å²) in [5.41, 5.74) is -0.863. The van der Waals surface area contributed by atoms with E-state index >= 15 is 8.78 Å². The number of aromatic nitrogens is 5. The summed E-state index contributed by atoms with van der Waals surface area (Å²) < 4.78 is 75.9.